The molecule has 2 aliphatic heterocycles. The van der Waals surface area contributed by atoms with Crippen LogP contribution in [0, 0.1) is 0 Å². The molecule has 1 aliphatic carbocycles. The Morgan fingerprint density at radius 3 is 2.72 bits per heavy atom. The fourth-order valence-corrected chi connectivity index (χ4v) is 5.22. The molecular weight excluding hydrogens is 396 g/mol. The van der Waals surface area contributed by atoms with Crippen molar-refractivity contribution in [3.8, 4) is 11.5 Å². The first-order chi connectivity index (χ1) is 13.9. The molecule has 1 N–H and O–H groups in total. The summed E-state index contributed by atoms with van der Waals surface area (Å²) in [5, 5.41) is 7.41. The van der Waals surface area contributed by atoms with Crippen molar-refractivity contribution in [1.82, 2.24) is 19.4 Å². The highest BCUT2D eigenvalue weighted by atomic mass is 32.2. The van der Waals surface area contributed by atoms with E-state index in [-0.39, 0.29) is 29.9 Å². The van der Waals surface area contributed by atoms with E-state index in [0.717, 1.165) is 18.4 Å². The number of nitrogens with one attached hydrogen (secondary N) is 1. The lowest BCUT2D eigenvalue weighted by atomic mass is 9.97. The number of rotatable bonds is 4. The van der Waals surface area contributed by atoms with Gasteiger partial charge in [0.05, 0.1) is 16.5 Å². The highest BCUT2D eigenvalue weighted by molar-refractivity contribution is 7.89. The van der Waals surface area contributed by atoms with Crippen LogP contribution in [-0.2, 0) is 28.4 Å². The number of carbonyl (C=O) groups is 1. The molecule has 154 valence electrons. The lowest BCUT2D eigenvalue weighted by Crippen LogP contribution is -2.44. The monoisotopic (exact) mass is 418 g/mol. The molecule has 9 nitrogen and oxygen atoms in total. The third-order valence-corrected chi connectivity index (χ3v) is 7.20. The average molecular weight is 418 g/mol. The Labute approximate surface area is 168 Å². The van der Waals surface area contributed by atoms with Gasteiger partial charge in [0.2, 0.25) is 15.9 Å². The lowest BCUT2D eigenvalue weighted by Gasteiger charge is -2.31. The third kappa shape index (κ3) is 3.36. The summed E-state index contributed by atoms with van der Waals surface area (Å²) >= 11 is 0. The van der Waals surface area contributed by atoms with E-state index in [0.29, 0.717) is 30.4 Å². The summed E-state index contributed by atoms with van der Waals surface area (Å²) in [6.07, 6.45) is 3.71. The van der Waals surface area contributed by atoms with Crippen LogP contribution in [0.4, 0.5) is 0 Å². The highest BCUT2D eigenvalue weighted by Gasteiger charge is 2.40. The standard InChI is InChI=1S/C19H22N4O5S/c1-22-9-12-10-23(11-15(18(12)21-22)19(24)20-13-2-3-13)29(25,26)14-4-5-16-17(8-14)28-7-6-27-16/h4-5,8-9,13,15H,2-3,6-7,10-11H2,1H3,(H,20,24)/t15-/m0/s1. The zero-order chi connectivity index (χ0) is 20.2. The Balaban J connectivity index is 1.47. The van der Waals surface area contributed by atoms with Crippen LogP contribution >= 0.6 is 0 Å². The zero-order valence-corrected chi connectivity index (χ0v) is 16.8. The number of fused-ring (bicyclic) bond motifs is 2. The fourth-order valence-electron chi connectivity index (χ4n) is 3.77. The summed E-state index contributed by atoms with van der Waals surface area (Å²) in [4.78, 5) is 12.9. The molecule has 29 heavy (non-hydrogen) atoms. The van der Waals surface area contributed by atoms with E-state index in [1.54, 1.807) is 24.0 Å². The summed E-state index contributed by atoms with van der Waals surface area (Å²) < 4.78 is 40.7. The Morgan fingerprint density at radius 1 is 1.21 bits per heavy atom. The quantitative estimate of drug-likeness (QED) is 0.786. The second-order valence-electron chi connectivity index (χ2n) is 7.65. The van der Waals surface area contributed by atoms with Crippen LogP contribution in [0.1, 0.15) is 30.0 Å². The number of hydrogen-bond donors (Lipinski definition) is 1. The summed E-state index contributed by atoms with van der Waals surface area (Å²) in [5.74, 6) is 0.145. The normalized spacial score (nSPS) is 21.5. The van der Waals surface area contributed by atoms with Gasteiger partial charge in [-0.15, -0.1) is 0 Å². The molecular formula is C19H22N4O5S. The number of amides is 1. The number of hydrogen-bond acceptors (Lipinski definition) is 6. The van der Waals surface area contributed by atoms with E-state index < -0.39 is 15.9 Å². The molecule has 1 saturated carbocycles. The lowest BCUT2D eigenvalue weighted by molar-refractivity contribution is -0.123. The Morgan fingerprint density at radius 2 is 1.97 bits per heavy atom. The summed E-state index contributed by atoms with van der Waals surface area (Å²) in [7, 11) is -2.06. The second-order valence-corrected chi connectivity index (χ2v) is 9.59. The SMILES string of the molecule is Cn1cc2c(n1)[C@@H](C(=O)NC1CC1)CN(S(=O)(=O)c1ccc3c(c1)OCCO3)C2. The number of nitrogens with zero attached hydrogens (tertiary/aromatic N) is 3. The third-order valence-electron chi connectivity index (χ3n) is 5.39. The Hall–Kier alpha value is -2.59. The molecule has 0 spiro atoms. The van der Waals surface area contributed by atoms with Crippen molar-refractivity contribution in [2.24, 2.45) is 7.05 Å². The van der Waals surface area contributed by atoms with Crippen LogP contribution in [0.3, 0.4) is 0 Å². The number of sulfonamides is 1. The first-order valence-electron chi connectivity index (χ1n) is 9.64. The molecule has 0 unspecified atom stereocenters. The molecule has 3 heterocycles. The minimum Gasteiger partial charge on any atom is -0.486 e. The van der Waals surface area contributed by atoms with Gasteiger partial charge in [-0.1, -0.05) is 0 Å². The molecule has 2 aromatic rings. The smallest absolute Gasteiger partial charge is 0.243 e. The highest BCUT2D eigenvalue weighted by Crippen LogP contribution is 2.36. The van der Waals surface area contributed by atoms with Crippen molar-refractivity contribution in [3.05, 3.63) is 35.7 Å². The van der Waals surface area contributed by atoms with Gasteiger partial charge in [0, 0.05) is 44.0 Å². The topological polar surface area (TPSA) is 103 Å². The van der Waals surface area contributed by atoms with Crippen LogP contribution < -0.4 is 14.8 Å². The number of benzene rings is 1. The predicted octanol–water partition coefficient (Wildman–Crippen LogP) is 0.758. The van der Waals surface area contributed by atoms with Gasteiger partial charge in [-0.3, -0.25) is 9.48 Å². The van der Waals surface area contributed by atoms with E-state index >= 15 is 0 Å². The van der Waals surface area contributed by atoms with E-state index in [9.17, 15) is 13.2 Å². The van der Waals surface area contributed by atoms with Crippen molar-refractivity contribution < 1.29 is 22.7 Å². The van der Waals surface area contributed by atoms with E-state index in [4.69, 9.17) is 9.47 Å². The number of aromatic nitrogens is 2. The first-order valence-corrected chi connectivity index (χ1v) is 11.1. The molecule has 5 rings (SSSR count). The maximum absolute atomic E-state index is 13.4. The average Bonchev–Trinajstić information content (AvgIpc) is 3.44. The van der Waals surface area contributed by atoms with Gasteiger partial charge in [0.25, 0.3) is 0 Å². The molecule has 0 saturated heterocycles. The molecule has 0 bridgehead atoms. The second kappa shape index (κ2) is 6.74. The molecule has 1 fully saturated rings. The van der Waals surface area contributed by atoms with Gasteiger partial charge >= 0.3 is 0 Å². The summed E-state index contributed by atoms with van der Waals surface area (Å²) in [6.45, 7) is 1.04. The van der Waals surface area contributed by atoms with E-state index in [1.165, 1.54) is 16.4 Å². The Bertz CT molecular complexity index is 1080. The van der Waals surface area contributed by atoms with Crippen LogP contribution in [-0.4, -0.2) is 54.2 Å². The van der Waals surface area contributed by atoms with Gasteiger partial charge < -0.3 is 14.8 Å². The van der Waals surface area contributed by atoms with Crippen molar-refractivity contribution >= 4 is 15.9 Å². The number of aryl methyl sites for hydroxylation is 1. The Kier molecular flexibility index (Phi) is 4.28. The maximum atomic E-state index is 13.4. The summed E-state index contributed by atoms with van der Waals surface area (Å²) in [6, 6.07) is 4.81. The zero-order valence-electron chi connectivity index (χ0n) is 16.0. The van der Waals surface area contributed by atoms with Gasteiger partial charge in [-0.25, -0.2) is 8.42 Å². The van der Waals surface area contributed by atoms with Crippen LogP contribution in [0.15, 0.2) is 29.3 Å². The van der Waals surface area contributed by atoms with Crippen molar-refractivity contribution in [2.75, 3.05) is 19.8 Å². The molecule has 3 aliphatic rings. The molecule has 1 amide bonds. The van der Waals surface area contributed by atoms with Crippen LogP contribution in [0.2, 0.25) is 0 Å². The molecule has 1 aromatic carbocycles. The fraction of sp³-hybridized carbons (Fsp3) is 0.474. The van der Waals surface area contributed by atoms with Crippen LogP contribution in [0.25, 0.3) is 0 Å². The number of ether oxygens (including phenoxy) is 2. The van der Waals surface area contributed by atoms with Crippen LogP contribution in [0.5, 0.6) is 11.5 Å². The van der Waals surface area contributed by atoms with Gasteiger partial charge in [0.15, 0.2) is 11.5 Å². The van der Waals surface area contributed by atoms with Gasteiger partial charge in [-0.2, -0.15) is 9.40 Å². The van der Waals surface area contributed by atoms with E-state index in [2.05, 4.69) is 10.4 Å². The number of carbonyl (C=O) groups excluding carboxylic acids is 1. The maximum Gasteiger partial charge on any atom is 0.243 e. The summed E-state index contributed by atoms with van der Waals surface area (Å²) in [5.41, 5.74) is 1.40. The van der Waals surface area contributed by atoms with Crippen molar-refractivity contribution in [2.45, 2.75) is 36.2 Å². The van der Waals surface area contributed by atoms with Crippen molar-refractivity contribution in [1.29, 1.82) is 0 Å². The van der Waals surface area contributed by atoms with Crippen molar-refractivity contribution in [3.63, 3.8) is 0 Å². The first kappa shape index (κ1) is 18.4. The van der Waals surface area contributed by atoms with E-state index in [1.807, 2.05) is 0 Å². The molecule has 1 aromatic heterocycles. The minimum absolute atomic E-state index is 0.0549. The molecule has 0 radical (unpaired) electrons. The molecule has 10 heteroatoms. The minimum atomic E-state index is -3.83. The van der Waals surface area contributed by atoms with Gasteiger partial charge in [0.1, 0.15) is 13.2 Å². The predicted molar refractivity (Wildman–Crippen MR) is 102 cm³/mol. The molecule has 1 atom stereocenters. The van der Waals surface area contributed by atoms with Gasteiger partial charge in [-0.05, 0) is 25.0 Å². The largest absolute Gasteiger partial charge is 0.486 e.